The van der Waals surface area contributed by atoms with Gasteiger partial charge in [0.2, 0.25) is 5.69 Å². The lowest BCUT2D eigenvalue weighted by Gasteiger charge is -2.25. The number of hydrogen-bond acceptors (Lipinski definition) is 1. The topological polar surface area (TPSA) is 38.0 Å². The van der Waals surface area contributed by atoms with Crippen molar-refractivity contribution in [2.45, 2.75) is 0 Å². The minimum atomic E-state index is 0.421. The molecule has 13 aromatic rings. The highest BCUT2D eigenvalue weighted by Crippen LogP contribution is 2.53. The summed E-state index contributed by atoms with van der Waals surface area (Å²) >= 11 is 0. The van der Waals surface area contributed by atoms with E-state index >= 15 is 0 Å². The molecule has 0 fully saturated rings. The zero-order valence-electron chi connectivity index (χ0n) is 35.6. The van der Waals surface area contributed by atoms with Gasteiger partial charge in [-0.1, -0.05) is 182 Å². The van der Waals surface area contributed by atoms with Crippen molar-refractivity contribution in [2.24, 2.45) is 0 Å². The summed E-state index contributed by atoms with van der Waals surface area (Å²) in [5, 5.41) is 21.0. The highest BCUT2D eigenvalue weighted by molar-refractivity contribution is 6.34. The quantitative estimate of drug-likeness (QED) is 0.121. The molecule has 0 N–H and O–H groups in total. The number of benzene rings is 11. The van der Waals surface area contributed by atoms with Crippen LogP contribution in [0.25, 0.3) is 126 Å². The number of fused-ring (bicyclic) bond motifs is 6. The molecule has 2 heterocycles. The predicted octanol–water partition coefficient (Wildman–Crippen LogP) is 16.7. The van der Waals surface area contributed by atoms with Crippen molar-refractivity contribution in [2.75, 3.05) is 0 Å². The Kier molecular flexibility index (Phi) is 8.31. The van der Waals surface area contributed by atoms with E-state index in [0.717, 1.165) is 93.9 Å². The van der Waals surface area contributed by atoms with Crippen molar-refractivity contribution in [1.29, 1.82) is 5.26 Å². The molecule has 66 heavy (non-hydrogen) atoms. The van der Waals surface area contributed by atoms with Gasteiger partial charge in [0.15, 0.2) is 0 Å². The molecule has 2 aromatic heterocycles. The first-order valence-corrected chi connectivity index (χ1v) is 22.2. The van der Waals surface area contributed by atoms with Crippen molar-refractivity contribution in [3.63, 3.8) is 0 Å². The summed E-state index contributed by atoms with van der Waals surface area (Å²) in [6.45, 7) is 9.24. The van der Waals surface area contributed by atoms with Gasteiger partial charge in [-0.25, -0.2) is 4.85 Å². The van der Waals surface area contributed by atoms with Crippen LogP contribution in [0.4, 0.5) is 5.69 Å². The lowest BCUT2D eigenvalue weighted by molar-refractivity contribution is 1.13. The van der Waals surface area contributed by atoms with Gasteiger partial charge < -0.3 is 9.13 Å². The molecule has 0 unspecified atom stereocenters. The van der Waals surface area contributed by atoms with E-state index in [2.05, 4.69) is 190 Å². The molecule has 0 aliphatic carbocycles. The van der Waals surface area contributed by atoms with Crippen molar-refractivity contribution in [3.05, 3.63) is 235 Å². The molecule has 0 spiro atoms. The van der Waals surface area contributed by atoms with Gasteiger partial charge in [0, 0.05) is 32.7 Å². The minimum Gasteiger partial charge on any atom is -0.318 e. The van der Waals surface area contributed by atoms with Gasteiger partial charge in [-0.05, 0) is 91.3 Å². The summed E-state index contributed by atoms with van der Waals surface area (Å²) in [6, 6.07) is 79.3. The van der Waals surface area contributed by atoms with Gasteiger partial charge in [0.1, 0.15) is 6.07 Å². The van der Waals surface area contributed by atoms with Crippen molar-refractivity contribution in [3.8, 4) is 62.0 Å². The Balaban J connectivity index is 1.27. The molecule has 0 saturated heterocycles. The Morgan fingerprint density at radius 1 is 0.348 bits per heavy atom. The number of nitrogens with zero attached hydrogens (tertiary/aromatic N) is 4. The molecule has 11 aromatic carbocycles. The van der Waals surface area contributed by atoms with Crippen LogP contribution in [0.2, 0.25) is 0 Å². The molecule has 304 valence electrons. The van der Waals surface area contributed by atoms with Crippen LogP contribution in [-0.4, -0.2) is 9.13 Å². The van der Waals surface area contributed by atoms with Gasteiger partial charge >= 0.3 is 0 Å². The zero-order valence-corrected chi connectivity index (χ0v) is 35.6. The molecule has 0 aliphatic heterocycles. The number of rotatable bonds is 6. The van der Waals surface area contributed by atoms with Crippen molar-refractivity contribution >= 4 is 70.8 Å². The average Bonchev–Trinajstić information content (AvgIpc) is 3.91. The number of hydrogen-bond donors (Lipinski definition) is 0. The maximum absolute atomic E-state index is 11.9. The largest absolute Gasteiger partial charge is 0.318 e. The highest BCUT2D eigenvalue weighted by Gasteiger charge is 2.32. The smallest absolute Gasteiger partial charge is 0.220 e. The molecule has 4 nitrogen and oxygen atoms in total. The van der Waals surface area contributed by atoms with Crippen LogP contribution in [0.15, 0.2) is 218 Å². The van der Waals surface area contributed by atoms with Crippen LogP contribution in [0, 0.1) is 17.9 Å². The van der Waals surface area contributed by atoms with Crippen LogP contribution in [0.1, 0.15) is 5.56 Å². The lowest BCUT2D eigenvalue weighted by atomic mass is 9.88. The van der Waals surface area contributed by atoms with Crippen LogP contribution in [-0.2, 0) is 0 Å². The van der Waals surface area contributed by atoms with E-state index in [4.69, 9.17) is 0 Å². The van der Waals surface area contributed by atoms with E-state index in [0.29, 0.717) is 16.8 Å². The van der Waals surface area contributed by atoms with Gasteiger partial charge in [-0.3, -0.25) is 0 Å². The molecular weight excluding hydrogens is 801 g/mol. The summed E-state index contributed by atoms with van der Waals surface area (Å²) in [6.07, 6.45) is 0. The normalized spacial score (nSPS) is 11.6. The van der Waals surface area contributed by atoms with Crippen LogP contribution >= 0.6 is 0 Å². The Morgan fingerprint density at radius 2 is 0.758 bits per heavy atom. The predicted molar refractivity (Wildman–Crippen MR) is 274 cm³/mol. The van der Waals surface area contributed by atoms with E-state index in [-0.39, 0.29) is 0 Å². The fourth-order valence-electron chi connectivity index (χ4n) is 10.8. The Hall–Kier alpha value is -9.22. The molecular formula is C62H36N4. The Labute approximate surface area is 380 Å². The van der Waals surface area contributed by atoms with E-state index < -0.39 is 0 Å². The summed E-state index contributed by atoms with van der Waals surface area (Å²) < 4.78 is 4.63. The first kappa shape index (κ1) is 37.3. The molecule has 0 atom stereocenters. The Bertz CT molecular complexity index is 3970. The molecule has 0 aliphatic rings. The van der Waals surface area contributed by atoms with Gasteiger partial charge in [-0.2, -0.15) is 5.26 Å². The number of aromatic nitrogens is 2. The number of nitriles is 1. The molecule has 13 rings (SSSR count). The third kappa shape index (κ3) is 5.37. The third-order valence-corrected chi connectivity index (χ3v) is 13.5. The average molecular weight is 837 g/mol. The molecule has 0 radical (unpaired) electrons. The van der Waals surface area contributed by atoms with Crippen LogP contribution in [0.5, 0.6) is 0 Å². The minimum absolute atomic E-state index is 0.421. The maximum atomic E-state index is 11.9. The van der Waals surface area contributed by atoms with Gasteiger partial charge in [-0.15, -0.1) is 0 Å². The van der Waals surface area contributed by atoms with Crippen LogP contribution in [0.3, 0.4) is 0 Å². The van der Waals surface area contributed by atoms with E-state index in [1.807, 2.05) is 48.5 Å². The van der Waals surface area contributed by atoms with E-state index in [9.17, 15) is 11.8 Å². The van der Waals surface area contributed by atoms with E-state index in [1.54, 1.807) is 0 Å². The SMILES string of the molecule is [C-]#[N+]c1c(-c2ccccc2)c(C#N)c(-n2c3ccc(-c4ccccc4)cc3c3cc(-c4ccccc4)ccc32)c(-c2ccccc2)c1-n1c2cccc3c4ccccc4c4cccc1c4c32. The summed E-state index contributed by atoms with van der Waals surface area (Å²) in [7, 11) is 0. The summed E-state index contributed by atoms with van der Waals surface area (Å²) in [5.74, 6) is 0. The first-order valence-electron chi connectivity index (χ1n) is 22.2. The maximum Gasteiger partial charge on any atom is 0.220 e. The molecule has 0 amide bonds. The second-order valence-electron chi connectivity index (χ2n) is 16.9. The van der Waals surface area contributed by atoms with E-state index in [1.165, 1.54) is 21.5 Å². The molecule has 4 heteroatoms. The molecule has 0 saturated carbocycles. The van der Waals surface area contributed by atoms with Crippen molar-refractivity contribution in [1.82, 2.24) is 9.13 Å². The third-order valence-electron chi connectivity index (χ3n) is 13.5. The Morgan fingerprint density at radius 3 is 1.21 bits per heavy atom. The second kappa shape index (κ2) is 14.7. The standard InChI is InChI=1S/C62H36N4/c1-64-60-56(41-22-10-4-11-23-41)51(38-63)61(65-52-34-32-43(39-18-6-2-7-19-39)36-49(52)50-37-44(33-35-53(50)65)40-20-8-3-9-21-40)57(42-24-12-5-13-25-42)62(60)66-54-30-16-28-47-45-26-14-15-27-46(45)48-29-17-31-55(66)59(48)58(47)54/h2-37H. The monoisotopic (exact) mass is 836 g/mol. The summed E-state index contributed by atoms with van der Waals surface area (Å²) in [4.78, 5) is 4.52. The molecule has 0 bridgehead atoms. The fourth-order valence-corrected chi connectivity index (χ4v) is 10.8. The lowest BCUT2D eigenvalue weighted by Crippen LogP contribution is -2.08. The first-order chi connectivity index (χ1) is 32.7. The zero-order chi connectivity index (χ0) is 43.9. The second-order valence-corrected chi connectivity index (χ2v) is 16.9. The van der Waals surface area contributed by atoms with Crippen molar-refractivity contribution < 1.29 is 0 Å². The van der Waals surface area contributed by atoms with Gasteiger partial charge in [0.05, 0.1) is 45.6 Å². The fraction of sp³-hybridized carbons (Fsp3) is 0. The van der Waals surface area contributed by atoms with Crippen LogP contribution < -0.4 is 0 Å². The highest BCUT2D eigenvalue weighted by atomic mass is 15.0. The van der Waals surface area contributed by atoms with Gasteiger partial charge in [0.25, 0.3) is 0 Å². The summed E-state index contributed by atoms with van der Waals surface area (Å²) in [5.41, 5.74) is 13.8.